The van der Waals surface area contributed by atoms with Crippen molar-refractivity contribution in [1.29, 1.82) is 0 Å². The molecule has 0 spiro atoms. The van der Waals surface area contributed by atoms with Gasteiger partial charge in [-0.2, -0.15) is 0 Å². The zero-order valence-corrected chi connectivity index (χ0v) is 15.6. The summed E-state index contributed by atoms with van der Waals surface area (Å²) < 4.78 is 16.1. The molecule has 6 heteroatoms. The topological polar surface area (TPSA) is 82.1 Å². The average Bonchev–Trinajstić information content (AvgIpc) is 2.73. The number of rotatable bonds is 7. The van der Waals surface area contributed by atoms with Crippen LogP contribution in [-0.4, -0.2) is 24.2 Å². The zero-order chi connectivity index (χ0) is 20.6. The number of aliphatic carboxylic acids is 1. The highest BCUT2D eigenvalue weighted by atomic mass is 16.5. The van der Waals surface area contributed by atoms with Gasteiger partial charge >= 0.3 is 11.9 Å². The van der Waals surface area contributed by atoms with Crippen molar-refractivity contribution in [2.45, 2.75) is 0 Å². The highest BCUT2D eigenvalue weighted by Crippen LogP contribution is 2.32. The summed E-state index contributed by atoms with van der Waals surface area (Å²) in [4.78, 5) is 23.8. The van der Waals surface area contributed by atoms with Gasteiger partial charge in [0.1, 0.15) is 22.8 Å². The molecule has 0 heterocycles. The second-order valence-electron chi connectivity index (χ2n) is 5.90. The second kappa shape index (κ2) is 9.23. The van der Waals surface area contributed by atoms with Gasteiger partial charge in [-0.05, 0) is 30.3 Å². The number of carboxylic acid groups (broad SMARTS) is 1. The van der Waals surface area contributed by atoms with Crippen LogP contribution in [-0.2, 0) is 9.53 Å². The first kappa shape index (κ1) is 19.7. The molecule has 6 nitrogen and oxygen atoms in total. The lowest BCUT2D eigenvalue weighted by Crippen LogP contribution is -2.08. The van der Waals surface area contributed by atoms with Crippen LogP contribution in [0.2, 0.25) is 0 Å². The van der Waals surface area contributed by atoms with Crippen LogP contribution in [0.25, 0.3) is 5.57 Å². The van der Waals surface area contributed by atoms with Crippen LogP contribution >= 0.6 is 0 Å². The summed E-state index contributed by atoms with van der Waals surface area (Å²) >= 11 is 0. The number of hydrogen-bond donors (Lipinski definition) is 1. The molecule has 0 bridgehead atoms. The summed E-state index contributed by atoms with van der Waals surface area (Å²) in [6.07, 6.45) is 1.14. The Morgan fingerprint density at radius 1 is 0.862 bits per heavy atom. The van der Waals surface area contributed by atoms with Crippen LogP contribution in [0.5, 0.6) is 17.2 Å². The van der Waals surface area contributed by atoms with Crippen LogP contribution < -0.4 is 9.47 Å². The normalized spacial score (nSPS) is 10.9. The summed E-state index contributed by atoms with van der Waals surface area (Å²) in [5.74, 6) is -0.616. The molecular weight excluding hydrogens is 372 g/mol. The number of para-hydroxylation sites is 1. The number of methoxy groups -OCH3 is 1. The third-order valence-electron chi connectivity index (χ3n) is 3.90. The average molecular weight is 390 g/mol. The molecule has 1 N–H and O–H groups in total. The Morgan fingerprint density at radius 3 is 2.28 bits per heavy atom. The number of carbonyl (C=O) groups is 2. The van der Waals surface area contributed by atoms with Gasteiger partial charge in [-0.25, -0.2) is 9.59 Å². The molecule has 0 aliphatic rings. The molecule has 146 valence electrons. The lowest BCUT2D eigenvalue weighted by molar-refractivity contribution is -0.130. The van der Waals surface area contributed by atoms with E-state index in [4.69, 9.17) is 14.2 Å². The minimum absolute atomic E-state index is 0.0465. The first-order valence-corrected chi connectivity index (χ1v) is 8.69. The molecule has 0 unspecified atom stereocenters. The van der Waals surface area contributed by atoms with Crippen molar-refractivity contribution < 1.29 is 28.9 Å². The van der Waals surface area contributed by atoms with Crippen LogP contribution in [0.4, 0.5) is 0 Å². The summed E-state index contributed by atoms with van der Waals surface area (Å²) in [6.45, 7) is 0. The molecule has 0 fully saturated rings. The van der Waals surface area contributed by atoms with Crippen molar-refractivity contribution in [2.75, 3.05) is 7.11 Å². The zero-order valence-electron chi connectivity index (χ0n) is 15.6. The van der Waals surface area contributed by atoms with Crippen molar-refractivity contribution in [3.05, 3.63) is 96.3 Å². The van der Waals surface area contributed by atoms with E-state index in [1.165, 1.54) is 7.11 Å². The van der Waals surface area contributed by atoms with Gasteiger partial charge in [0.15, 0.2) is 0 Å². The Kier molecular flexibility index (Phi) is 6.27. The Bertz CT molecular complexity index is 1040. The van der Waals surface area contributed by atoms with E-state index in [-0.39, 0.29) is 5.57 Å². The second-order valence-corrected chi connectivity index (χ2v) is 5.90. The van der Waals surface area contributed by atoms with Gasteiger partial charge in [0, 0.05) is 11.6 Å². The van der Waals surface area contributed by atoms with Gasteiger partial charge < -0.3 is 19.3 Å². The summed E-state index contributed by atoms with van der Waals surface area (Å²) in [5, 5.41) is 9.44. The Balaban J connectivity index is 1.84. The predicted molar refractivity (Wildman–Crippen MR) is 107 cm³/mol. The molecule has 3 aromatic rings. The lowest BCUT2D eigenvalue weighted by atomic mass is 10.1. The maximum absolute atomic E-state index is 12.2. The molecule has 0 amide bonds. The van der Waals surface area contributed by atoms with Gasteiger partial charge in [-0.15, -0.1) is 0 Å². The number of carbonyl (C=O) groups excluding carboxylic acids is 1. The molecular formula is C23H18O6. The van der Waals surface area contributed by atoms with Gasteiger partial charge in [0.05, 0.1) is 18.9 Å². The molecule has 3 rings (SSSR count). The highest BCUT2D eigenvalue weighted by Gasteiger charge is 2.17. The molecule has 0 radical (unpaired) electrons. The van der Waals surface area contributed by atoms with E-state index >= 15 is 0 Å². The molecule has 0 aromatic heterocycles. The highest BCUT2D eigenvalue weighted by molar-refractivity contribution is 6.15. The fourth-order valence-corrected chi connectivity index (χ4v) is 2.59. The van der Waals surface area contributed by atoms with Gasteiger partial charge in [-0.1, -0.05) is 42.5 Å². The van der Waals surface area contributed by atoms with E-state index < -0.39 is 11.9 Å². The largest absolute Gasteiger partial charge is 0.503 e. The fourth-order valence-electron chi connectivity index (χ4n) is 2.59. The molecule has 0 saturated heterocycles. The van der Waals surface area contributed by atoms with Crippen LogP contribution in [0.1, 0.15) is 15.9 Å². The minimum Gasteiger partial charge on any atom is -0.503 e. The van der Waals surface area contributed by atoms with E-state index in [1.54, 1.807) is 72.8 Å². The summed E-state index contributed by atoms with van der Waals surface area (Å²) in [7, 11) is 1.37. The SMILES string of the molecule is COC=C(C(=O)O)c1ccccc1Oc1cccc(OC(=O)c2ccccc2)c1. The molecule has 0 atom stereocenters. The maximum Gasteiger partial charge on any atom is 0.343 e. The van der Waals surface area contributed by atoms with Gasteiger partial charge in [0.2, 0.25) is 0 Å². The van der Waals surface area contributed by atoms with Crippen molar-refractivity contribution in [1.82, 2.24) is 0 Å². The Labute approximate surface area is 167 Å². The fraction of sp³-hybridized carbons (Fsp3) is 0.0435. The van der Waals surface area contributed by atoms with Crippen LogP contribution in [0.15, 0.2) is 85.1 Å². The van der Waals surface area contributed by atoms with Crippen molar-refractivity contribution >= 4 is 17.5 Å². The van der Waals surface area contributed by atoms with Crippen LogP contribution in [0, 0.1) is 0 Å². The molecule has 0 saturated carbocycles. The standard InChI is InChI=1S/C23H18O6/c1-27-15-20(22(24)25)19-12-5-6-13-21(19)28-17-10-7-11-18(14-17)29-23(26)16-8-3-2-4-9-16/h2-15H,1H3,(H,24,25). The number of ether oxygens (including phenoxy) is 3. The van der Waals surface area contributed by atoms with Crippen molar-refractivity contribution in [3.8, 4) is 17.2 Å². The molecule has 29 heavy (non-hydrogen) atoms. The van der Waals surface area contributed by atoms with Crippen LogP contribution in [0.3, 0.4) is 0 Å². The van der Waals surface area contributed by atoms with Gasteiger partial charge in [0.25, 0.3) is 0 Å². The van der Waals surface area contributed by atoms with Gasteiger partial charge in [-0.3, -0.25) is 0 Å². The summed E-state index contributed by atoms with van der Waals surface area (Å²) in [6, 6.07) is 21.9. The Morgan fingerprint density at radius 2 is 1.55 bits per heavy atom. The van der Waals surface area contributed by atoms with Crippen molar-refractivity contribution in [3.63, 3.8) is 0 Å². The number of hydrogen-bond acceptors (Lipinski definition) is 5. The third kappa shape index (κ3) is 5.01. The number of benzene rings is 3. The number of esters is 1. The predicted octanol–water partition coefficient (Wildman–Crippen LogP) is 4.77. The summed E-state index contributed by atoms with van der Waals surface area (Å²) in [5.41, 5.74) is 0.739. The molecule has 3 aromatic carbocycles. The lowest BCUT2D eigenvalue weighted by Gasteiger charge is -2.12. The maximum atomic E-state index is 12.2. The van der Waals surface area contributed by atoms with E-state index in [0.717, 1.165) is 6.26 Å². The molecule has 0 aliphatic heterocycles. The molecule has 0 aliphatic carbocycles. The van der Waals surface area contributed by atoms with Crippen molar-refractivity contribution in [2.24, 2.45) is 0 Å². The first-order valence-electron chi connectivity index (χ1n) is 8.69. The minimum atomic E-state index is -1.14. The van der Waals surface area contributed by atoms with E-state index in [1.807, 2.05) is 6.07 Å². The quantitative estimate of drug-likeness (QED) is 0.271. The smallest absolute Gasteiger partial charge is 0.343 e. The third-order valence-corrected chi connectivity index (χ3v) is 3.90. The first-order chi connectivity index (χ1) is 14.1. The Hall–Kier alpha value is -4.06. The number of carboxylic acids is 1. The monoisotopic (exact) mass is 390 g/mol. The van der Waals surface area contributed by atoms with E-state index in [9.17, 15) is 14.7 Å². The van der Waals surface area contributed by atoms with E-state index in [0.29, 0.717) is 28.4 Å². The van der Waals surface area contributed by atoms with E-state index in [2.05, 4.69) is 0 Å².